The second kappa shape index (κ2) is 8.37. The molecule has 0 saturated carbocycles. The molecule has 0 amide bonds. The molecular formula is C13H20FNOS. The molecule has 2 nitrogen and oxygen atoms in total. The lowest BCUT2D eigenvalue weighted by Crippen LogP contribution is -2.08. The molecule has 0 heterocycles. The standard InChI is InChI=1S/C13H20FNOS/c1-2-17-10-4-9-16-13-11(7-8-15)5-3-6-12(13)14/h3,5-6H,2,4,7-10,15H2,1H3. The summed E-state index contributed by atoms with van der Waals surface area (Å²) in [6.45, 7) is 3.19. The lowest BCUT2D eigenvalue weighted by Gasteiger charge is -2.11. The third kappa shape index (κ3) is 4.96. The molecular weight excluding hydrogens is 237 g/mol. The second-order valence-corrected chi connectivity index (χ2v) is 5.06. The minimum atomic E-state index is -0.293. The third-order valence-electron chi connectivity index (χ3n) is 2.35. The van der Waals surface area contributed by atoms with Crippen molar-refractivity contribution in [2.24, 2.45) is 5.73 Å². The monoisotopic (exact) mass is 257 g/mol. The van der Waals surface area contributed by atoms with E-state index in [9.17, 15) is 4.39 Å². The van der Waals surface area contributed by atoms with E-state index in [2.05, 4.69) is 6.92 Å². The van der Waals surface area contributed by atoms with Crippen molar-refractivity contribution >= 4 is 11.8 Å². The van der Waals surface area contributed by atoms with E-state index in [-0.39, 0.29) is 5.82 Å². The Morgan fingerprint density at radius 1 is 1.41 bits per heavy atom. The van der Waals surface area contributed by atoms with Crippen molar-refractivity contribution in [1.82, 2.24) is 0 Å². The number of rotatable bonds is 8. The second-order valence-electron chi connectivity index (χ2n) is 3.67. The van der Waals surface area contributed by atoms with Crippen molar-refractivity contribution < 1.29 is 9.13 Å². The predicted molar refractivity (Wildman–Crippen MR) is 72.3 cm³/mol. The molecule has 0 aliphatic rings. The molecule has 0 saturated heterocycles. The SMILES string of the molecule is CCSCCCOc1c(F)cccc1CCN. The van der Waals surface area contributed by atoms with Gasteiger partial charge in [0.15, 0.2) is 11.6 Å². The van der Waals surface area contributed by atoms with Gasteiger partial charge in [-0.25, -0.2) is 4.39 Å². The van der Waals surface area contributed by atoms with Crippen molar-refractivity contribution in [2.45, 2.75) is 19.8 Å². The Labute approximate surface area is 107 Å². The molecule has 2 N–H and O–H groups in total. The van der Waals surface area contributed by atoms with Gasteiger partial charge in [0.1, 0.15) is 0 Å². The summed E-state index contributed by atoms with van der Waals surface area (Å²) in [6.07, 6.45) is 1.59. The van der Waals surface area contributed by atoms with Gasteiger partial charge in [-0.1, -0.05) is 19.1 Å². The molecule has 0 spiro atoms. The first kappa shape index (κ1) is 14.3. The van der Waals surface area contributed by atoms with Gasteiger partial charge in [-0.3, -0.25) is 0 Å². The summed E-state index contributed by atoms with van der Waals surface area (Å²) >= 11 is 1.87. The van der Waals surface area contributed by atoms with E-state index in [0.717, 1.165) is 23.5 Å². The van der Waals surface area contributed by atoms with Gasteiger partial charge in [0, 0.05) is 0 Å². The van der Waals surface area contributed by atoms with E-state index in [4.69, 9.17) is 10.5 Å². The molecule has 1 aromatic rings. The molecule has 0 fully saturated rings. The van der Waals surface area contributed by atoms with Crippen LogP contribution in [0.15, 0.2) is 18.2 Å². The van der Waals surface area contributed by atoms with Gasteiger partial charge in [0.05, 0.1) is 6.61 Å². The van der Waals surface area contributed by atoms with Crippen LogP contribution >= 0.6 is 11.8 Å². The maximum Gasteiger partial charge on any atom is 0.165 e. The van der Waals surface area contributed by atoms with Gasteiger partial charge < -0.3 is 10.5 Å². The Hall–Kier alpha value is -0.740. The maximum atomic E-state index is 13.6. The fourth-order valence-corrected chi connectivity index (χ4v) is 2.16. The topological polar surface area (TPSA) is 35.2 Å². The molecule has 0 radical (unpaired) electrons. The molecule has 4 heteroatoms. The number of ether oxygens (including phenoxy) is 1. The van der Waals surface area contributed by atoms with Gasteiger partial charge in [-0.15, -0.1) is 0 Å². The zero-order valence-corrected chi connectivity index (χ0v) is 11.1. The van der Waals surface area contributed by atoms with Crippen LogP contribution in [0.25, 0.3) is 0 Å². The van der Waals surface area contributed by atoms with E-state index >= 15 is 0 Å². The van der Waals surface area contributed by atoms with Crippen LogP contribution in [0.5, 0.6) is 5.75 Å². The Morgan fingerprint density at radius 2 is 2.24 bits per heavy atom. The number of benzene rings is 1. The van der Waals surface area contributed by atoms with Crippen molar-refractivity contribution in [1.29, 1.82) is 0 Å². The summed E-state index contributed by atoms with van der Waals surface area (Å²) in [7, 11) is 0. The van der Waals surface area contributed by atoms with Gasteiger partial charge in [-0.05, 0) is 42.5 Å². The average Bonchev–Trinajstić information content (AvgIpc) is 2.32. The Balaban J connectivity index is 2.50. The van der Waals surface area contributed by atoms with E-state index < -0.39 is 0 Å². The van der Waals surface area contributed by atoms with Crippen molar-refractivity contribution in [2.75, 3.05) is 24.7 Å². The smallest absolute Gasteiger partial charge is 0.165 e. The molecule has 0 atom stereocenters. The lowest BCUT2D eigenvalue weighted by atomic mass is 10.1. The molecule has 1 rings (SSSR count). The minimum absolute atomic E-state index is 0.293. The van der Waals surface area contributed by atoms with Gasteiger partial charge in [-0.2, -0.15) is 11.8 Å². The van der Waals surface area contributed by atoms with Gasteiger partial charge >= 0.3 is 0 Å². The number of halogens is 1. The van der Waals surface area contributed by atoms with Gasteiger partial charge in [0.25, 0.3) is 0 Å². The molecule has 1 aromatic carbocycles. The average molecular weight is 257 g/mol. The van der Waals surface area contributed by atoms with Crippen LogP contribution in [0.4, 0.5) is 4.39 Å². The summed E-state index contributed by atoms with van der Waals surface area (Å²) in [5, 5.41) is 0. The van der Waals surface area contributed by atoms with E-state index in [1.165, 1.54) is 6.07 Å². The highest BCUT2D eigenvalue weighted by molar-refractivity contribution is 7.99. The summed E-state index contributed by atoms with van der Waals surface area (Å²) in [4.78, 5) is 0. The van der Waals surface area contributed by atoms with E-state index in [0.29, 0.717) is 25.3 Å². The number of thioether (sulfide) groups is 1. The third-order valence-corrected chi connectivity index (χ3v) is 3.33. The summed E-state index contributed by atoms with van der Waals surface area (Å²) in [5.74, 6) is 2.24. The van der Waals surface area contributed by atoms with Crippen LogP contribution in [0.3, 0.4) is 0 Å². The quantitative estimate of drug-likeness (QED) is 0.727. The summed E-state index contributed by atoms with van der Waals surface area (Å²) < 4.78 is 19.1. The highest BCUT2D eigenvalue weighted by atomic mass is 32.2. The van der Waals surface area contributed by atoms with Crippen LogP contribution in [-0.2, 0) is 6.42 Å². The molecule has 96 valence electrons. The number of para-hydroxylation sites is 1. The minimum Gasteiger partial charge on any atom is -0.490 e. The Kier molecular flexibility index (Phi) is 7.05. The maximum absolute atomic E-state index is 13.6. The molecule has 0 bridgehead atoms. The molecule has 0 aromatic heterocycles. The largest absolute Gasteiger partial charge is 0.490 e. The van der Waals surface area contributed by atoms with Crippen LogP contribution in [0, 0.1) is 5.82 Å². The number of nitrogens with two attached hydrogens (primary N) is 1. The zero-order chi connectivity index (χ0) is 12.5. The van der Waals surface area contributed by atoms with Crippen LogP contribution in [-0.4, -0.2) is 24.7 Å². The van der Waals surface area contributed by atoms with Crippen molar-refractivity contribution in [3.8, 4) is 5.75 Å². The molecule has 0 aliphatic heterocycles. The highest BCUT2D eigenvalue weighted by Crippen LogP contribution is 2.23. The van der Waals surface area contributed by atoms with E-state index in [1.807, 2.05) is 17.8 Å². The Morgan fingerprint density at radius 3 is 2.94 bits per heavy atom. The van der Waals surface area contributed by atoms with Crippen LogP contribution in [0.1, 0.15) is 18.9 Å². The molecule has 0 unspecified atom stereocenters. The van der Waals surface area contributed by atoms with Crippen molar-refractivity contribution in [3.63, 3.8) is 0 Å². The molecule has 17 heavy (non-hydrogen) atoms. The first-order chi connectivity index (χ1) is 8.29. The molecule has 0 aliphatic carbocycles. The van der Waals surface area contributed by atoms with Crippen LogP contribution < -0.4 is 10.5 Å². The number of hydrogen-bond donors (Lipinski definition) is 1. The summed E-state index contributed by atoms with van der Waals surface area (Å²) in [6, 6.07) is 4.99. The fraction of sp³-hybridized carbons (Fsp3) is 0.538. The van der Waals surface area contributed by atoms with Crippen molar-refractivity contribution in [3.05, 3.63) is 29.6 Å². The number of hydrogen-bond acceptors (Lipinski definition) is 3. The zero-order valence-electron chi connectivity index (χ0n) is 10.2. The predicted octanol–water partition coefficient (Wildman–Crippen LogP) is 2.85. The first-order valence-corrected chi connectivity index (χ1v) is 7.13. The van der Waals surface area contributed by atoms with E-state index in [1.54, 1.807) is 6.07 Å². The lowest BCUT2D eigenvalue weighted by molar-refractivity contribution is 0.299. The fourth-order valence-electron chi connectivity index (χ4n) is 1.55. The van der Waals surface area contributed by atoms with Gasteiger partial charge in [0.2, 0.25) is 0 Å². The van der Waals surface area contributed by atoms with Crippen LogP contribution in [0.2, 0.25) is 0 Å². The first-order valence-electron chi connectivity index (χ1n) is 5.97. The normalized spacial score (nSPS) is 10.5. The Bertz CT molecular complexity index is 333. The summed E-state index contributed by atoms with van der Waals surface area (Å²) in [5.41, 5.74) is 6.35. The highest BCUT2D eigenvalue weighted by Gasteiger charge is 2.08.